The summed E-state index contributed by atoms with van der Waals surface area (Å²) in [4.78, 5) is 28.2. The Morgan fingerprint density at radius 2 is 1.89 bits per heavy atom. The third kappa shape index (κ3) is 3.62. The Kier molecular flexibility index (Phi) is 4.88. The fourth-order valence-corrected chi connectivity index (χ4v) is 4.34. The summed E-state index contributed by atoms with van der Waals surface area (Å²) in [7, 11) is -2.04. The van der Waals surface area contributed by atoms with Crippen molar-refractivity contribution in [1.29, 1.82) is 0 Å². The Morgan fingerprint density at radius 1 is 1.26 bits per heavy atom. The zero-order chi connectivity index (χ0) is 20.0. The second-order valence-corrected chi connectivity index (χ2v) is 13.5. The van der Waals surface area contributed by atoms with E-state index in [0.29, 0.717) is 25.9 Å². The highest BCUT2D eigenvalue weighted by Crippen LogP contribution is 2.39. The quantitative estimate of drug-likeness (QED) is 0.773. The van der Waals surface area contributed by atoms with Crippen molar-refractivity contribution in [3.8, 4) is 5.75 Å². The molecule has 1 aliphatic heterocycles. The molecule has 1 aliphatic rings. The van der Waals surface area contributed by atoms with Crippen molar-refractivity contribution in [2.45, 2.75) is 57.8 Å². The highest BCUT2D eigenvalue weighted by atomic mass is 28.4. The van der Waals surface area contributed by atoms with Crippen molar-refractivity contribution in [3.63, 3.8) is 0 Å². The van der Waals surface area contributed by atoms with Crippen LogP contribution in [0.3, 0.4) is 0 Å². The van der Waals surface area contributed by atoms with Crippen molar-refractivity contribution in [2.75, 3.05) is 13.1 Å². The summed E-state index contributed by atoms with van der Waals surface area (Å²) in [6.07, 6.45) is 0.365. The van der Waals surface area contributed by atoms with Crippen molar-refractivity contribution < 1.29 is 14.3 Å². The zero-order valence-corrected chi connectivity index (χ0v) is 17.7. The largest absolute Gasteiger partial charge is 0.542 e. The van der Waals surface area contributed by atoms with Crippen LogP contribution in [0.2, 0.25) is 18.1 Å². The van der Waals surface area contributed by atoms with Gasteiger partial charge in [-0.25, -0.2) is 9.59 Å². The van der Waals surface area contributed by atoms with Gasteiger partial charge in [0.1, 0.15) is 11.3 Å². The van der Waals surface area contributed by atoms with Gasteiger partial charge in [0.2, 0.25) is 0 Å². The molecule has 3 rings (SSSR count). The Bertz CT molecular complexity index is 902. The van der Waals surface area contributed by atoms with Gasteiger partial charge in [-0.05, 0) is 43.1 Å². The number of fused-ring (bicyclic) bond motifs is 1. The number of nitrogens with zero attached hydrogens (tertiary/aromatic N) is 2. The monoisotopic (exact) mass is 391 g/mol. The molecule has 0 bridgehead atoms. The number of para-hydroxylation sites is 1. The second-order valence-electron chi connectivity index (χ2n) is 8.81. The van der Waals surface area contributed by atoms with E-state index in [-0.39, 0.29) is 16.8 Å². The van der Waals surface area contributed by atoms with E-state index >= 15 is 0 Å². The normalized spacial score (nSPS) is 16.7. The van der Waals surface area contributed by atoms with Gasteiger partial charge in [0, 0.05) is 19.1 Å². The highest BCUT2D eigenvalue weighted by molar-refractivity contribution is 6.74. The van der Waals surface area contributed by atoms with E-state index in [2.05, 4.69) is 38.8 Å². The first-order valence-electron chi connectivity index (χ1n) is 9.41. The summed E-state index contributed by atoms with van der Waals surface area (Å²) < 4.78 is 8.22. The molecule has 0 spiro atoms. The lowest BCUT2D eigenvalue weighted by Crippen LogP contribution is -2.43. The van der Waals surface area contributed by atoms with Crippen molar-refractivity contribution in [2.24, 2.45) is 0 Å². The molecule has 27 heavy (non-hydrogen) atoms. The van der Waals surface area contributed by atoms with Crippen LogP contribution in [0.4, 0.5) is 4.79 Å². The van der Waals surface area contributed by atoms with E-state index in [1.165, 1.54) is 4.90 Å². The van der Waals surface area contributed by atoms with Crippen LogP contribution in [0, 0.1) is 0 Å². The molecule has 2 aromatic rings. The average Bonchev–Trinajstić information content (AvgIpc) is 2.90. The van der Waals surface area contributed by atoms with E-state index in [9.17, 15) is 9.59 Å². The van der Waals surface area contributed by atoms with Gasteiger partial charge >= 0.3 is 11.8 Å². The number of imidazole rings is 1. The summed E-state index contributed by atoms with van der Waals surface area (Å²) >= 11 is 0. The second kappa shape index (κ2) is 6.74. The minimum atomic E-state index is -2.04. The number of H-pyrrole nitrogens is 1. The van der Waals surface area contributed by atoms with E-state index in [1.54, 1.807) is 4.57 Å². The van der Waals surface area contributed by atoms with E-state index in [1.807, 2.05) is 18.2 Å². The molecular weight excluding hydrogens is 362 g/mol. The van der Waals surface area contributed by atoms with Crippen LogP contribution < -0.4 is 10.1 Å². The van der Waals surface area contributed by atoms with Crippen LogP contribution in [-0.4, -0.2) is 47.1 Å². The van der Waals surface area contributed by atoms with Gasteiger partial charge < -0.3 is 19.4 Å². The van der Waals surface area contributed by atoms with E-state index in [0.717, 1.165) is 16.8 Å². The molecule has 2 N–H and O–H groups in total. The van der Waals surface area contributed by atoms with Gasteiger partial charge in [-0.15, -0.1) is 0 Å². The maximum atomic E-state index is 12.7. The molecule has 0 atom stereocenters. The maximum absolute atomic E-state index is 12.7. The molecule has 1 amide bonds. The third-order valence-corrected chi connectivity index (χ3v) is 10.3. The third-order valence-electron chi connectivity index (χ3n) is 5.99. The summed E-state index contributed by atoms with van der Waals surface area (Å²) in [5.74, 6) is 0.720. The molecule has 0 aliphatic carbocycles. The molecular formula is C19H29N3O4Si. The number of rotatable bonds is 3. The van der Waals surface area contributed by atoms with Crippen LogP contribution in [0.5, 0.6) is 5.75 Å². The number of carboxylic acid groups (broad SMARTS) is 1. The molecule has 7 nitrogen and oxygen atoms in total. The fourth-order valence-electron chi connectivity index (χ4n) is 3.31. The van der Waals surface area contributed by atoms with Crippen LogP contribution in [0.25, 0.3) is 11.0 Å². The predicted octanol–water partition coefficient (Wildman–Crippen LogP) is 4.03. The fraction of sp³-hybridized carbons (Fsp3) is 0.579. The lowest BCUT2D eigenvalue weighted by Gasteiger charge is -2.36. The average molecular weight is 392 g/mol. The smallest absolute Gasteiger partial charge is 0.407 e. The summed E-state index contributed by atoms with van der Waals surface area (Å²) in [5.41, 5.74) is 1.39. The molecule has 1 fully saturated rings. The number of hydrogen-bond acceptors (Lipinski definition) is 3. The first kappa shape index (κ1) is 19.5. The molecule has 0 radical (unpaired) electrons. The number of nitrogens with one attached hydrogen (secondary N) is 1. The molecule has 2 heterocycles. The molecule has 148 valence electrons. The van der Waals surface area contributed by atoms with Crippen molar-refractivity contribution in [3.05, 3.63) is 28.7 Å². The summed E-state index contributed by atoms with van der Waals surface area (Å²) in [6.45, 7) is 11.8. The van der Waals surface area contributed by atoms with Gasteiger partial charge in [-0.2, -0.15) is 0 Å². The highest BCUT2D eigenvalue weighted by Gasteiger charge is 2.39. The number of aromatic amines is 1. The Hall–Kier alpha value is -2.22. The Balaban J connectivity index is 1.95. The Labute approximate surface area is 160 Å². The van der Waals surface area contributed by atoms with Crippen LogP contribution in [0.1, 0.15) is 39.7 Å². The number of hydrogen-bond donors (Lipinski definition) is 2. The maximum Gasteiger partial charge on any atom is 0.407 e. The van der Waals surface area contributed by atoms with E-state index < -0.39 is 14.4 Å². The minimum Gasteiger partial charge on any atom is -0.542 e. The minimum absolute atomic E-state index is 0.00929. The summed E-state index contributed by atoms with van der Waals surface area (Å²) in [5, 5.41) is 9.19. The van der Waals surface area contributed by atoms with Gasteiger partial charge in [-0.1, -0.05) is 26.8 Å². The van der Waals surface area contributed by atoms with Crippen LogP contribution in [-0.2, 0) is 0 Å². The first-order valence-corrected chi connectivity index (χ1v) is 12.3. The van der Waals surface area contributed by atoms with Crippen molar-refractivity contribution >= 4 is 25.4 Å². The number of amides is 1. The van der Waals surface area contributed by atoms with Crippen LogP contribution in [0.15, 0.2) is 23.0 Å². The topological polar surface area (TPSA) is 87.6 Å². The standard InChI is InChI=1S/C19H29N3O4Si/c1-19(2,3)27(4,5)26-15-8-6-7-14-16(15)20-17(23)22(14)13-9-11-21(12-10-13)18(24)25/h6-8,13H,9-12H2,1-5H3,(H,20,23)(H,24,25). The number of piperidine rings is 1. The SMILES string of the molecule is CC(C)(C)[Si](C)(C)Oc1cccc2c1[nH]c(=O)n2C1CCN(C(=O)O)CC1. The number of aromatic nitrogens is 2. The molecule has 1 aromatic heterocycles. The number of benzene rings is 1. The van der Waals surface area contributed by atoms with Gasteiger partial charge in [0.05, 0.1) is 5.52 Å². The van der Waals surface area contributed by atoms with Crippen LogP contribution >= 0.6 is 0 Å². The molecule has 1 saturated heterocycles. The molecule has 1 aromatic carbocycles. The van der Waals surface area contributed by atoms with Crippen molar-refractivity contribution in [1.82, 2.24) is 14.5 Å². The zero-order valence-electron chi connectivity index (χ0n) is 16.7. The van der Waals surface area contributed by atoms with Gasteiger partial charge in [0.15, 0.2) is 0 Å². The predicted molar refractivity (Wildman–Crippen MR) is 108 cm³/mol. The number of likely N-dealkylation sites (tertiary alicyclic amines) is 1. The van der Waals surface area contributed by atoms with Gasteiger partial charge in [0.25, 0.3) is 8.32 Å². The lowest BCUT2D eigenvalue weighted by molar-refractivity contribution is 0.125. The van der Waals surface area contributed by atoms with Gasteiger partial charge in [-0.3, -0.25) is 4.57 Å². The van der Waals surface area contributed by atoms with E-state index in [4.69, 9.17) is 9.53 Å². The summed E-state index contributed by atoms with van der Waals surface area (Å²) in [6, 6.07) is 5.75. The molecule has 8 heteroatoms. The number of carbonyl (C=O) groups is 1. The molecule has 0 unspecified atom stereocenters. The first-order chi connectivity index (χ1) is 12.5. The lowest BCUT2D eigenvalue weighted by atomic mass is 10.0. The molecule has 0 saturated carbocycles. The Morgan fingerprint density at radius 3 is 2.44 bits per heavy atom.